The predicted octanol–water partition coefficient (Wildman–Crippen LogP) is 0.470. The van der Waals surface area contributed by atoms with Gasteiger partial charge in [0, 0.05) is 7.05 Å². The lowest BCUT2D eigenvalue weighted by Crippen LogP contribution is -2.04. The Hall–Kier alpha value is -1.42. The monoisotopic (exact) mass is 176 g/mol. The van der Waals surface area contributed by atoms with E-state index in [0.717, 1.165) is 17.5 Å². The van der Waals surface area contributed by atoms with Crippen molar-refractivity contribution in [2.45, 2.75) is 6.42 Å². The molecule has 13 heavy (non-hydrogen) atoms. The zero-order valence-corrected chi connectivity index (χ0v) is 7.57. The van der Waals surface area contributed by atoms with Crippen LogP contribution in [0.2, 0.25) is 0 Å². The molecule has 2 rings (SSSR count). The molecule has 68 valence electrons. The Morgan fingerprint density at radius 3 is 3.08 bits per heavy atom. The van der Waals surface area contributed by atoms with E-state index in [-0.39, 0.29) is 0 Å². The van der Waals surface area contributed by atoms with Gasteiger partial charge >= 0.3 is 0 Å². The van der Waals surface area contributed by atoms with E-state index in [9.17, 15) is 0 Å². The van der Waals surface area contributed by atoms with Crippen LogP contribution in [-0.2, 0) is 13.5 Å². The van der Waals surface area contributed by atoms with Crippen LogP contribution in [0.4, 0.5) is 0 Å². The average molecular weight is 176 g/mol. The summed E-state index contributed by atoms with van der Waals surface area (Å²) in [7, 11) is 1.90. The summed E-state index contributed by atoms with van der Waals surface area (Å²) in [6.45, 7) is 0.657. The molecule has 4 heteroatoms. The van der Waals surface area contributed by atoms with Crippen LogP contribution in [0.15, 0.2) is 18.2 Å². The summed E-state index contributed by atoms with van der Waals surface area (Å²) in [6, 6.07) is 6.02. The van der Waals surface area contributed by atoms with Gasteiger partial charge in [-0.1, -0.05) is 17.3 Å². The van der Waals surface area contributed by atoms with Gasteiger partial charge in [0.15, 0.2) is 0 Å². The number of fused-ring (bicyclic) bond motifs is 1. The van der Waals surface area contributed by atoms with Crippen molar-refractivity contribution in [3.63, 3.8) is 0 Å². The van der Waals surface area contributed by atoms with Crippen LogP contribution in [0.25, 0.3) is 11.0 Å². The van der Waals surface area contributed by atoms with Gasteiger partial charge in [-0.2, -0.15) is 0 Å². The molecule has 0 saturated carbocycles. The van der Waals surface area contributed by atoms with Gasteiger partial charge in [-0.3, -0.25) is 0 Å². The highest BCUT2D eigenvalue weighted by atomic mass is 15.4. The van der Waals surface area contributed by atoms with Gasteiger partial charge < -0.3 is 5.73 Å². The largest absolute Gasteiger partial charge is 0.330 e. The molecule has 0 aliphatic carbocycles. The molecule has 1 heterocycles. The van der Waals surface area contributed by atoms with Gasteiger partial charge in [0.25, 0.3) is 0 Å². The molecular weight excluding hydrogens is 164 g/mol. The summed E-state index contributed by atoms with van der Waals surface area (Å²) in [6.07, 6.45) is 0.874. The fraction of sp³-hybridized carbons (Fsp3) is 0.333. The highest BCUT2D eigenvalue weighted by Gasteiger charge is 2.05. The lowest BCUT2D eigenvalue weighted by atomic mass is 10.1. The Morgan fingerprint density at radius 2 is 2.31 bits per heavy atom. The zero-order chi connectivity index (χ0) is 9.26. The predicted molar refractivity (Wildman–Crippen MR) is 51.3 cm³/mol. The second kappa shape index (κ2) is 3.14. The second-order valence-electron chi connectivity index (χ2n) is 3.04. The maximum Gasteiger partial charge on any atom is 0.113 e. The first-order valence-corrected chi connectivity index (χ1v) is 4.30. The van der Waals surface area contributed by atoms with Crippen LogP contribution < -0.4 is 5.73 Å². The summed E-state index contributed by atoms with van der Waals surface area (Å²) >= 11 is 0. The highest BCUT2D eigenvalue weighted by molar-refractivity contribution is 5.77. The molecule has 0 saturated heterocycles. The van der Waals surface area contributed by atoms with E-state index in [1.807, 2.05) is 19.2 Å². The minimum atomic E-state index is 0.657. The van der Waals surface area contributed by atoms with Gasteiger partial charge in [0.1, 0.15) is 5.52 Å². The third-order valence-electron chi connectivity index (χ3n) is 2.12. The smallest absolute Gasteiger partial charge is 0.113 e. The number of rotatable bonds is 2. The molecule has 1 aromatic heterocycles. The Labute approximate surface area is 76.3 Å². The van der Waals surface area contributed by atoms with E-state index in [0.29, 0.717) is 6.54 Å². The number of hydrogen-bond donors (Lipinski definition) is 1. The molecule has 0 radical (unpaired) electrons. The zero-order valence-electron chi connectivity index (χ0n) is 7.57. The maximum atomic E-state index is 5.52. The number of benzene rings is 1. The van der Waals surface area contributed by atoms with Crippen molar-refractivity contribution in [1.82, 2.24) is 15.0 Å². The topological polar surface area (TPSA) is 56.7 Å². The van der Waals surface area contributed by atoms with E-state index in [1.165, 1.54) is 5.56 Å². The molecule has 0 unspecified atom stereocenters. The minimum absolute atomic E-state index is 0.657. The Kier molecular flexibility index (Phi) is 1.98. The van der Waals surface area contributed by atoms with E-state index in [1.54, 1.807) is 4.68 Å². The fourth-order valence-corrected chi connectivity index (χ4v) is 1.55. The standard InChI is InChI=1S/C9H12N4/c1-13-9-7(5-6-10)3-2-4-8(9)11-12-13/h2-4H,5-6,10H2,1H3. The maximum absolute atomic E-state index is 5.52. The third-order valence-corrected chi connectivity index (χ3v) is 2.12. The van der Waals surface area contributed by atoms with Crippen LogP contribution in [0.3, 0.4) is 0 Å². The number of hydrogen-bond acceptors (Lipinski definition) is 3. The summed E-state index contributed by atoms with van der Waals surface area (Å²) in [4.78, 5) is 0. The van der Waals surface area contributed by atoms with Crippen molar-refractivity contribution in [2.75, 3.05) is 6.54 Å². The van der Waals surface area contributed by atoms with E-state index < -0.39 is 0 Å². The Balaban J connectivity index is 2.65. The third kappa shape index (κ3) is 1.29. The van der Waals surface area contributed by atoms with E-state index >= 15 is 0 Å². The second-order valence-corrected chi connectivity index (χ2v) is 3.04. The molecule has 0 aliphatic heterocycles. The fourth-order valence-electron chi connectivity index (χ4n) is 1.55. The van der Waals surface area contributed by atoms with E-state index in [2.05, 4.69) is 16.4 Å². The number of aromatic nitrogens is 3. The average Bonchev–Trinajstić information content (AvgIpc) is 2.50. The highest BCUT2D eigenvalue weighted by Crippen LogP contribution is 2.15. The molecule has 0 spiro atoms. The number of aryl methyl sites for hydroxylation is 1. The van der Waals surface area contributed by atoms with Gasteiger partial charge in [-0.05, 0) is 24.6 Å². The normalized spacial score (nSPS) is 10.9. The van der Waals surface area contributed by atoms with Crippen molar-refractivity contribution in [2.24, 2.45) is 12.8 Å². The Morgan fingerprint density at radius 1 is 1.46 bits per heavy atom. The minimum Gasteiger partial charge on any atom is -0.330 e. The van der Waals surface area contributed by atoms with Crippen molar-refractivity contribution >= 4 is 11.0 Å². The molecule has 4 nitrogen and oxygen atoms in total. The lowest BCUT2D eigenvalue weighted by molar-refractivity contribution is 0.733. The molecule has 0 fully saturated rings. The number of para-hydroxylation sites is 1. The van der Waals surface area contributed by atoms with Crippen molar-refractivity contribution in [3.05, 3.63) is 23.8 Å². The quantitative estimate of drug-likeness (QED) is 0.723. The molecule has 2 aromatic rings. The van der Waals surface area contributed by atoms with Gasteiger partial charge in [-0.25, -0.2) is 4.68 Å². The van der Waals surface area contributed by atoms with Gasteiger partial charge in [0.2, 0.25) is 0 Å². The van der Waals surface area contributed by atoms with Crippen LogP contribution in [0.1, 0.15) is 5.56 Å². The lowest BCUT2D eigenvalue weighted by Gasteiger charge is -2.01. The van der Waals surface area contributed by atoms with Crippen molar-refractivity contribution < 1.29 is 0 Å². The van der Waals surface area contributed by atoms with Crippen molar-refractivity contribution in [1.29, 1.82) is 0 Å². The first kappa shape index (κ1) is 8.19. The summed E-state index contributed by atoms with van der Waals surface area (Å²) in [5.41, 5.74) is 8.76. The van der Waals surface area contributed by atoms with Gasteiger partial charge in [-0.15, -0.1) is 5.10 Å². The van der Waals surface area contributed by atoms with Crippen LogP contribution in [-0.4, -0.2) is 21.5 Å². The summed E-state index contributed by atoms with van der Waals surface area (Å²) < 4.78 is 1.79. The van der Waals surface area contributed by atoms with Crippen LogP contribution in [0, 0.1) is 0 Å². The first-order valence-electron chi connectivity index (χ1n) is 4.30. The Bertz CT molecular complexity index is 418. The van der Waals surface area contributed by atoms with E-state index in [4.69, 9.17) is 5.73 Å². The number of nitrogens with two attached hydrogens (primary N) is 1. The van der Waals surface area contributed by atoms with Crippen LogP contribution in [0.5, 0.6) is 0 Å². The molecule has 0 bridgehead atoms. The number of nitrogens with zero attached hydrogens (tertiary/aromatic N) is 3. The molecule has 1 aromatic carbocycles. The van der Waals surface area contributed by atoms with Crippen molar-refractivity contribution in [3.8, 4) is 0 Å². The first-order chi connectivity index (χ1) is 6.33. The molecular formula is C9H12N4. The molecule has 2 N–H and O–H groups in total. The summed E-state index contributed by atoms with van der Waals surface area (Å²) in [5.74, 6) is 0. The molecule has 0 aliphatic rings. The van der Waals surface area contributed by atoms with Crippen LogP contribution >= 0.6 is 0 Å². The molecule has 0 amide bonds. The van der Waals surface area contributed by atoms with Gasteiger partial charge in [0.05, 0.1) is 5.52 Å². The SMILES string of the molecule is Cn1nnc2cccc(CCN)c21. The summed E-state index contributed by atoms with van der Waals surface area (Å²) in [5, 5.41) is 8.00. The molecule has 0 atom stereocenters.